The van der Waals surface area contributed by atoms with Crippen LogP contribution in [-0.4, -0.2) is 41.5 Å². The van der Waals surface area contributed by atoms with Crippen molar-refractivity contribution < 1.29 is 19.1 Å². The first-order valence-electron chi connectivity index (χ1n) is 7.13. The third kappa shape index (κ3) is 3.01. The Morgan fingerprint density at radius 3 is 2.91 bits per heavy atom. The van der Waals surface area contributed by atoms with Gasteiger partial charge in [-0.15, -0.1) is 0 Å². The maximum atomic E-state index is 11.5. The van der Waals surface area contributed by atoms with Gasteiger partial charge in [0.15, 0.2) is 0 Å². The van der Waals surface area contributed by atoms with E-state index in [1.807, 2.05) is 0 Å². The predicted molar refractivity (Wildman–Crippen MR) is 81.3 cm³/mol. The number of rotatable bonds is 5. The van der Waals surface area contributed by atoms with Gasteiger partial charge in [0.25, 0.3) is 5.91 Å². The molecular weight excluding hydrogens is 300 g/mol. The molecule has 8 heteroatoms. The summed E-state index contributed by atoms with van der Waals surface area (Å²) in [6, 6.07) is 3.14. The van der Waals surface area contributed by atoms with E-state index >= 15 is 0 Å². The maximum Gasteiger partial charge on any atom is 0.252 e. The third-order valence-corrected chi connectivity index (χ3v) is 3.69. The van der Waals surface area contributed by atoms with Crippen LogP contribution in [0.3, 0.4) is 0 Å². The summed E-state index contributed by atoms with van der Waals surface area (Å²) < 4.78 is 10.9. The molecule has 1 unspecified atom stereocenters. The zero-order valence-corrected chi connectivity index (χ0v) is 12.5. The number of nitrogens with two attached hydrogens (primary N) is 1. The van der Waals surface area contributed by atoms with Gasteiger partial charge in [0, 0.05) is 6.42 Å². The molecule has 1 atom stereocenters. The summed E-state index contributed by atoms with van der Waals surface area (Å²) in [6.45, 7) is 0.317. The Morgan fingerprint density at radius 2 is 2.26 bits per heavy atom. The van der Waals surface area contributed by atoms with Crippen molar-refractivity contribution >= 4 is 22.7 Å². The Bertz CT molecular complexity index is 777. The minimum absolute atomic E-state index is 0.0268. The minimum Gasteiger partial charge on any atom is -0.496 e. The molecule has 3 N–H and O–H groups in total. The lowest BCUT2D eigenvalue weighted by molar-refractivity contribution is -0.119. The second-order valence-corrected chi connectivity index (χ2v) is 5.23. The lowest BCUT2D eigenvalue weighted by Crippen LogP contribution is -2.31. The van der Waals surface area contributed by atoms with Gasteiger partial charge in [0.05, 0.1) is 29.6 Å². The molecule has 0 aliphatic carbocycles. The van der Waals surface area contributed by atoms with Crippen LogP contribution in [0, 0.1) is 0 Å². The predicted octanol–water partition coefficient (Wildman–Crippen LogP) is 0.395. The van der Waals surface area contributed by atoms with E-state index in [1.54, 1.807) is 12.1 Å². The van der Waals surface area contributed by atoms with Crippen molar-refractivity contribution in [3.8, 4) is 11.6 Å². The van der Waals surface area contributed by atoms with Crippen LogP contribution in [0.5, 0.6) is 11.6 Å². The van der Waals surface area contributed by atoms with Crippen LogP contribution in [0.1, 0.15) is 23.2 Å². The van der Waals surface area contributed by atoms with E-state index < -0.39 is 5.91 Å². The first-order chi connectivity index (χ1) is 11.1. The van der Waals surface area contributed by atoms with Crippen LogP contribution < -0.4 is 20.5 Å². The molecular formula is C15H16N4O4. The van der Waals surface area contributed by atoms with Crippen LogP contribution in [0.2, 0.25) is 0 Å². The Morgan fingerprint density at radius 1 is 1.43 bits per heavy atom. The molecule has 23 heavy (non-hydrogen) atoms. The fourth-order valence-electron chi connectivity index (χ4n) is 2.52. The Labute approximate surface area is 132 Å². The molecule has 1 fully saturated rings. The summed E-state index contributed by atoms with van der Waals surface area (Å²) in [5.41, 5.74) is 6.11. The van der Waals surface area contributed by atoms with Crippen LogP contribution in [-0.2, 0) is 4.79 Å². The van der Waals surface area contributed by atoms with Crippen LogP contribution in [0.15, 0.2) is 18.5 Å². The summed E-state index contributed by atoms with van der Waals surface area (Å²) in [4.78, 5) is 30.9. The Hall–Kier alpha value is -2.90. The smallest absolute Gasteiger partial charge is 0.252 e. The highest BCUT2D eigenvalue weighted by Gasteiger charge is 2.22. The van der Waals surface area contributed by atoms with E-state index in [4.69, 9.17) is 15.2 Å². The molecule has 3 rings (SSSR count). The van der Waals surface area contributed by atoms with Gasteiger partial charge in [-0.3, -0.25) is 9.59 Å². The second-order valence-electron chi connectivity index (χ2n) is 5.23. The van der Waals surface area contributed by atoms with E-state index in [0.29, 0.717) is 35.6 Å². The van der Waals surface area contributed by atoms with Gasteiger partial charge in [-0.1, -0.05) is 0 Å². The zero-order valence-electron chi connectivity index (χ0n) is 12.5. The lowest BCUT2D eigenvalue weighted by Gasteiger charge is -2.13. The van der Waals surface area contributed by atoms with Crippen molar-refractivity contribution in [2.45, 2.75) is 18.9 Å². The van der Waals surface area contributed by atoms with Crippen molar-refractivity contribution in [1.29, 1.82) is 0 Å². The van der Waals surface area contributed by atoms with E-state index in [9.17, 15) is 9.59 Å². The van der Waals surface area contributed by atoms with Crippen molar-refractivity contribution in [2.24, 2.45) is 5.73 Å². The van der Waals surface area contributed by atoms with Gasteiger partial charge in [-0.2, -0.15) is 0 Å². The molecule has 1 saturated heterocycles. The maximum absolute atomic E-state index is 11.5. The van der Waals surface area contributed by atoms with E-state index in [1.165, 1.54) is 13.4 Å². The van der Waals surface area contributed by atoms with Crippen LogP contribution >= 0.6 is 0 Å². The molecule has 120 valence electrons. The molecule has 1 aromatic carbocycles. The molecule has 0 bridgehead atoms. The van der Waals surface area contributed by atoms with Crippen molar-refractivity contribution in [2.75, 3.05) is 13.7 Å². The molecule has 1 aromatic heterocycles. The van der Waals surface area contributed by atoms with E-state index in [-0.39, 0.29) is 17.5 Å². The number of methoxy groups -OCH3 is 1. The number of hydrogen-bond donors (Lipinski definition) is 2. The zero-order chi connectivity index (χ0) is 16.4. The van der Waals surface area contributed by atoms with E-state index in [2.05, 4.69) is 15.3 Å². The monoisotopic (exact) mass is 316 g/mol. The summed E-state index contributed by atoms with van der Waals surface area (Å²) in [5, 5.41) is 3.44. The molecule has 1 aliphatic heterocycles. The molecule has 0 saturated carbocycles. The van der Waals surface area contributed by atoms with Crippen molar-refractivity contribution in [3.63, 3.8) is 0 Å². The molecule has 0 radical (unpaired) electrons. The molecule has 2 amide bonds. The van der Waals surface area contributed by atoms with Crippen molar-refractivity contribution in [3.05, 3.63) is 24.0 Å². The topological polar surface area (TPSA) is 116 Å². The lowest BCUT2D eigenvalue weighted by atomic mass is 10.1. The number of nitrogens with zero attached hydrogens (tertiary/aromatic N) is 2. The second kappa shape index (κ2) is 6.07. The van der Waals surface area contributed by atoms with Crippen LogP contribution in [0.4, 0.5) is 0 Å². The number of hydrogen-bond acceptors (Lipinski definition) is 6. The summed E-state index contributed by atoms with van der Waals surface area (Å²) >= 11 is 0. The highest BCUT2D eigenvalue weighted by molar-refractivity contribution is 6.00. The number of carbonyl (C=O) groups excluding carboxylic acids is 2. The quantitative estimate of drug-likeness (QED) is 0.824. The SMILES string of the molecule is COc1cc2c(OCC3CCC(=O)N3)ncnc2cc1C(N)=O. The van der Waals surface area contributed by atoms with E-state index in [0.717, 1.165) is 6.42 Å². The fourth-order valence-corrected chi connectivity index (χ4v) is 2.52. The summed E-state index contributed by atoms with van der Waals surface area (Å²) in [5.74, 6) is 0.127. The van der Waals surface area contributed by atoms with Gasteiger partial charge in [-0.05, 0) is 18.6 Å². The van der Waals surface area contributed by atoms with Gasteiger partial charge in [-0.25, -0.2) is 9.97 Å². The van der Waals surface area contributed by atoms with Gasteiger partial charge in [0.2, 0.25) is 11.8 Å². The number of carbonyl (C=O) groups is 2. The summed E-state index contributed by atoms with van der Waals surface area (Å²) in [7, 11) is 1.45. The summed E-state index contributed by atoms with van der Waals surface area (Å²) in [6.07, 6.45) is 2.59. The van der Waals surface area contributed by atoms with Gasteiger partial charge < -0.3 is 20.5 Å². The largest absolute Gasteiger partial charge is 0.496 e. The average molecular weight is 316 g/mol. The molecule has 8 nitrogen and oxygen atoms in total. The van der Waals surface area contributed by atoms with Gasteiger partial charge in [0.1, 0.15) is 18.7 Å². The minimum atomic E-state index is -0.599. The number of nitrogens with one attached hydrogen (secondary N) is 1. The number of benzene rings is 1. The first kappa shape index (κ1) is 15.0. The van der Waals surface area contributed by atoms with Crippen LogP contribution in [0.25, 0.3) is 10.9 Å². The highest BCUT2D eigenvalue weighted by atomic mass is 16.5. The standard InChI is InChI=1S/C15H16N4O4/c1-22-12-5-9-11(4-10(12)14(16)21)17-7-18-15(9)23-6-8-2-3-13(20)19-8/h4-5,7-8H,2-3,6H2,1H3,(H2,16,21)(H,19,20). The number of aromatic nitrogens is 2. The van der Waals surface area contributed by atoms with Gasteiger partial charge >= 0.3 is 0 Å². The number of amides is 2. The number of fused-ring (bicyclic) bond motifs is 1. The molecule has 2 heterocycles. The third-order valence-electron chi connectivity index (χ3n) is 3.69. The molecule has 1 aliphatic rings. The Kier molecular flexibility index (Phi) is 3.96. The molecule has 0 spiro atoms. The fraction of sp³-hybridized carbons (Fsp3) is 0.333. The highest BCUT2D eigenvalue weighted by Crippen LogP contribution is 2.29. The average Bonchev–Trinajstić information content (AvgIpc) is 2.96. The Balaban J connectivity index is 1.91. The van der Waals surface area contributed by atoms with Crippen molar-refractivity contribution in [1.82, 2.24) is 15.3 Å². The molecule has 2 aromatic rings. The number of ether oxygens (including phenoxy) is 2. The normalized spacial score (nSPS) is 17.1. The first-order valence-corrected chi connectivity index (χ1v) is 7.13. The number of primary amides is 1.